The molecule has 0 spiro atoms. The second-order valence-electron chi connectivity index (χ2n) is 4.72. The van der Waals surface area contributed by atoms with E-state index in [0.717, 1.165) is 11.3 Å². The summed E-state index contributed by atoms with van der Waals surface area (Å²) in [5, 5.41) is 3.86. The number of ketones is 1. The summed E-state index contributed by atoms with van der Waals surface area (Å²) in [7, 11) is 1.85. The second kappa shape index (κ2) is 3.95. The lowest BCUT2D eigenvalue weighted by molar-refractivity contribution is -0.130. The van der Waals surface area contributed by atoms with E-state index in [4.69, 9.17) is 17.0 Å². The number of carbonyl (C=O) groups excluding carboxylic acids is 1. The van der Waals surface area contributed by atoms with E-state index in [1.165, 1.54) is 0 Å². The lowest BCUT2D eigenvalue weighted by Gasteiger charge is -2.48. The molecule has 2 bridgehead atoms. The minimum Gasteiger partial charge on any atom is -0.469 e. The molecule has 5 heteroatoms. The fourth-order valence-corrected chi connectivity index (χ4v) is 2.91. The van der Waals surface area contributed by atoms with Crippen LogP contribution in [0.3, 0.4) is 0 Å². The number of nitrogens with one attached hydrogen (secondary N) is 1. The summed E-state index contributed by atoms with van der Waals surface area (Å²) in [5.41, 5.74) is 1.00. The predicted octanol–water partition coefficient (Wildman–Crippen LogP) is 1.47. The highest BCUT2D eigenvalue weighted by atomic mass is 32.1. The predicted molar refractivity (Wildman–Crippen MR) is 71.3 cm³/mol. The maximum Gasteiger partial charge on any atom is 0.185 e. The maximum absolute atomic E-state index is 11.9. The molecule has 0 aromatic heterocycles. The topological polar surface area (TPSA) is 41.6 Å². The third-order valence-corrected chi connectivity index (χ3v) is 4.02. The van der Waals surface area contributed by atoms with Crippen LogP contribution >= 0.6 is 12.2 Å². The van der Waals surface area contributed by atoms with Crippen LogP contribution in [0.15, 0.2) is 24.3 Å². The van der Waals surface area contributed by atoms with Gasteiger partial charge in [-0.25, -0.2) is 0 Å². The Bertz CT molecular complexity index is 531. The average Bonchev–Trinajstić information content (AvgIpc) is 2.35. The first-order valence-electron chi connectivity index (χ1n) is 5.89. The van der Waals surface area contributed by atoms with Gasteiger partial charge in [0, 0.05) is 12.6 Å². The number of hydrogen-bond acceptors (Lipinski definition) is 3. The molecule has 1 aromatic carbocycles. The van der Waals surface area contributed by atoms with Crippen LogP contribution in [0.2, 0.25) is 0 Å². The molecule has 0 aliphatic carbocycles. The van der Waals surface area contributed by atoms with Crippen molar-refractivity contribution in [1.82, 2.24) is 10.2 Å². The van der Waals surface area contributed by atoms with Crippen molar-refractivity contribution in [2.75, 3.05) is 7.05 Å². The molecule has 3 atom stereocenters. The summed E-state index contributed by atoms with van der Waals surface area (Å²) in [6.07, 6.45) is -0.309. The Morgan fingerprint density at radius 2 is 2.17 bits per heavy atom. The molecule has 4 nitrogen and oxygen atoms in total. The molecule has 94 valence electrons. The number of benzene rings is 1. The van der Waals surface area contributed by atoms with Crippen LogP contribution < -0.4 is 10.1 Å². The van der Waals surface area contributed by atoms with Crippen molar-refractivity contribution in [1.29, 1.82) is 0 Å². The van der Waals surface area contributed by atoms with Gasteiger partial charge in [-0.15, -0.1) is 0 Å². The fourth-order valence-electron chi connectivity index (χ4n) is 2.68. The van der Waals surface area contributed by atoms with E-state index in [-0.39, 0.29) is 24.0 Å². The molecule has 3 rings (SSSR count). The summed E-state index contributed by atoms with van der Waals surface area (Å²) in [6, 6.07) is 7.70. The average molecular weight is 262 g/mol. The highest BCUT2D eigenvalue weighted by Crippen LogP contribution is 2.42. The Morgan fingerprint density at radius 1 is 1.44 bits per heavy atom. The van der Waals surface area contributed by atoms with E-state index in [1.54, 1.807) is 6.92 Å². The van der Waals surface area contributed by atoms with E-state index < -0.39 is 0 Å². The Balaban J connectivity index is 2.13. The van der Waals surface area contributed by atoms with Gasteiger partial charge in [0.05, 0.1) is 12.0 Å². The standard InChI is InChI=1S/C13H14N2O2S/c1-7(16)10-11-8-5-3-4-6-9(8)17-12(10)15(2)13(18)14-11/h3-6,10-12H,1-2H3,(H,14,18)/t10-,11+,12+/m1/s1. The number of fused-ring (bicyclic) bond motifs is 4. The summed E-state index contributed by atoms with van der Waals surface area (Å²) in [6.45, 7) is 1.60. The molecule has 1 fully saturated rings. The molecule has 0 saturated carbocycles. The maximum atomic E-state index is 11.9. The van der Waals surface area contributed by atoms with Gasteiger partial charge in [-0.05, 0) is 25.2 Å². The lowest BCUT2D eigenvalue weighted by Crippen LogP contribution is -2.62. The first-order chi connectivity index (χ1) is 8.59. The van der Waals surface area contributed by atoms with Crippen LogP contribution in [0.25, 0.3) is 0 Å². The van der Waals surface area contributed by atoms with Gasteiger partial charge in [-0.1, -0.05) is 18.2 Å². The lowest BCUT2D eigenvalue weighted by atomic mass is 9.84. The molecule has 1 aromatic rings. The van der Waals surface area contributed by atoms with Crippen molar-refractivity contribution in [3.8, 4) is 5.75 Å². The highest BCUT2D eigenvalue weighted by Gasteiger charge is 2.47. The van der Waals surface area contributed by atoms with E-state index in [9.17, 15) is 4.79 Å². The normalized spacial score (nSPS) is 29.1. The van der Waals surface area contributed by atoms with Gasteiger partial charge in [0.1, 0.15) is 11.5 Å². The minimum absolute atomic E-state index is 0.0823. The van der Waals surface area contributed by atoms with Crippen molar-refractivity contribution >= 4 is 23.1 Å². The fraction of sp³-hybridized carbons (Fsp3) is 0.385. The quantitative estimate of drug-likeness (QED) is 0.776. The van der Waals surface area contributed by atoms with Gasteiger partial charge in [-0.2, -0.15) is 0 Å². The Hall–Kier alpha value is -1.62. The SMILES string of the molecule is CC(=O)[C@@H]1[C@H]2NC(=S)N(C)[C@H]1Oc1ccccc12. The van der Waals surface area contributed by atoms with Crippen molar-refractivity contribution in [3.05, 3.63) is 29.8 Å². The highest BCUT2D eigenvalue weighted by molar-refractivity contribution is 7.80. The van der Waals surface area contributed by atoms with Gasteiger partial charge in [-0.3, -0.25) is 4.79 Å². The monoisotopic (exact) mass is 262 g/mol. The molecular formula is C13H14N2O2S. The van der Waals surface area contributed by atoms with Crippen LogP contribution in [0, 0.1) is 5.92 Å². The number of para-hydroxylation sites is 1. The molecule has 1 saturated heterocycles. The zero-order valence-electron chi connectivity index (χ0n) is 10.2. The number of thiocarbonyl (C=S) groups is 1. The summed E-state index contributed by atoms with van der Waals surface area (Å²) in [5.74, 6) is 0.713. The van der Waals surface area contributed by atoms with Crippen LogP contribution in [0.4, 0.5) is 0 Å². The zero-order chi connectivity index (χ0) is 12.9. The van der Waals surface area contributed by atoms with Crippen molar-refractivity contribution in [2.24, 2.45) is 5.92 Å². The molecule has 0 unspecified atom stereocenters. The third kappa shape index (κ3) is 1.50. The smallest absolute Gasteiger partial charge is 0.185 e. The minimum atomic E-state index is -0.309. The molecule has 2 heterocycles. The molecule has 18 heavy (non-hydrogen) atoms. The molecule has 1 N–H and O–H groups in total. The number of hydrogen-bond donors (Lipinski definition) is 1. The zero-order valence-corrected chi connectivity index (χ0v) is 11.0. The van der Waals surface area contributed by atoms with Crippen LogP contribution in [0.1, 0.15) is 18.5 Å². The van der Waals surface area contributed by atoms with E-state index >= 15 is 0 Å². The molecular weight excluding hydrogens is 248 g/mol. The van der Waals surface area contributed by atoms with Crippen molar-refractivity contribution in [3.63, 3.8) is 0 Å². The number of rotatable bonds is 1. The molecule has 0 amide bonds. The molecule has 0 radical (unpaired) electrons. The molecule has 2 aliphatic rings. The van der Waals surface area contributed by atoms with Gasteiger partial charge < -0.3 is 15.0 Å². The van der Waals surface area contributed by atoms with Crippen LogP contribution in [-0.2, 0) is 4.79 Å². The Morgan fingerprint density at radius 3 is 2.89 bits per heavy atom. The first kappa shape index (κ1) is 11.5. The van der Waals surface area contributed by atoms with E-state index in [0.29, 0.717) is 5.11 Å². The number of nitrogens with zero attached hydrogens (tertiary/aromatic N) is 1. The van der Waals surface area contributed by atoms with Crippen molar-refractivity contribution in [2.45, 2.75) is 19.2 Å². The third-order valence-electron chi connectivity index (χ3n) is 3.62. The summed E-state index contributed by atoms with van der Waals surface area (Å²) in [4.78, 5) is 13.7. The van der Waals surface area contributed by atoms with Gasteiger partial charge in [0.15, 0.2) is 11.3 Å². The summed E-state index contributed by atoms with van der Waals surface area (Å²) < 4.78 is 5.94. The number of Topliss-reactive ketones (excluding diaryl/α,β-unsaturated/α-hetero) is 1. The summed E-state index contributed by atoms with van der Waals surface area (Å²) >= 11 is 5.27. The van der Waals surface area contributed by atoms with E-state index in [2.05, 4.69) is 5.32 Å². The van der Waals surface area contributed by atoms with Gasteiger partial charge in [0.2, 0.25) is 0 Å². The van der Waals surface area contributed by atoms with Gasteiger partial charge in [0.25, 0.3) is 0 Å². The molecule has 2 aliphatic heterocycles. The Labute approximate surface area is 111 Å². The number of ether oxygens (including phenoxy) is 1. The Kier molecular flexibility index (Phi) is 2.52. The number of carbonyl (C=O) groups is 1. The van der Waals surface area contributed by atoms with E-state index in [1.807, 2.05) is 36.2 Å². The van der Waals surface area contributed by atoms with Gasteiger partial charge >= 0.3 is 0 Å². The second-order valence-corrected chi connectivity index (χ2v) is 5.11. The largest absolute Gasteiger partial charge is 0.469 e. The first-order valence-corrected chi connectivity index (χ1v) is 6.30. The van der Waals surface area contributed by atoms with Crippen molar-refractivity contribution < 1.29 is 9.53 Å². The van der Waals surface area contributed by atoms with Crippen LogP contribution in [-0.4, -0.2) is 29.1 Å². The van der Waals surface area contributed by atoms with Crippen LogP contribution in [0.5, 0.6) is 5.75 Å².